The second kappa shape index (κ2) is 6.46. The molecule has 0 amide bonds. The van der Waals surface area contributed by atoms with Gasteiger partial charge in [-0.05, 0) is 19.4 Å². The first-order valence-corrected chi connectivity index (χ1v) is 9.89. The topological polar surface area (TPSA) is 79.7 Å². The van der Waals surface area contributed by atoms with Crippen LogP contribution in [-0.2, 0) is 0 Å². The minimum Gasteiger partial charge on any atom is -0.362 e. The molecule has 4 aromatic heterocycles. The molecule has 1 aliphatic heterocycles. The maximum atomic E-state index is 13.0. The highest BCUT2D eigenvalue weighted by molar-refractivity contribution is 7.26. The van der Waals surface area contributed by atoms with E-state index in [1.165, 1.54) is 12.4 Å². The zero-order chi connectivity index (χ0) is 19.4. The molecule has 0 unspecified atom stereocenters. The normalized spacial score (nSPS) is 14.6. The molecule has 4 aromatic rings. The second-order valence-electron chi connectivity index (χ2n) is 6.77. The van der Waals surface area contributed by atoms with Crippen LogP contribution in [0.1, 0.15) is 11.3 Å². The van der Waals surface area contributed by atoms with Crippen LogP contribution in [0.5, 0.6) is 0 Å². The van der Waals surface area contributed by atoms with Crippen molar-refractivity contribution in [3.8, 4) is 0 Å². The van der Waals surface area contributed by atoms with E-state index in [4.69, 9.17) is 11.6 Å². The lowest BCUT2D eigenvalue weighted by Crippen LogP contribution is -2.55. The van der Waals surface area contributed by atoms with Gasteiger partial charge in [-0.3, -0.25) is 0 Å². The predicted octanol–water partition coefficient (Wildman–Crippen LogP) is 3.74. The minimum absolute atomic E-state index is 0.191. The molecule has 0 spiro atoms. The molecule has 142 valence electrons. The van der Waals surface area contributed by atoms with Crippen LogP contribution < -0.4 is 10.2 Å². The molecule has 1 saturated heterocycles. The number of nitrogens with zero attached hydrogens (tertiary/aromatic N) is 6. The highest BCUT2D eigenvalue weighted by Gasteiger charge is 2.30. The fourth-order valence-corrected chi connectivity index (χ4v) is 4.72. The Bertz CT molecular complexity index is 1200. The summed E-state index contributed by atoms with van der Waals surface area (Å²) in [4.78, 5) is 24.5. The third-order valence-corrected chi connectivity index (χ3v) is 6.49. The fourth-order valence-electron chi connectivity index (χ4n) is 3.39. The Morgan fingerprint density at radius 2 is 1.93 bits per heavy atom. The zero-order valence-corrected chi connectivity index (χ0v) is 16.6. The van der Waals surface area contributed by atoms with E-state index < -0.39 is 5.82 Å². The SMILES string of the molecule is Cc1nc2sc3c(NC4CN(c5ncc(F)cn5)C4)ncnc3c2c(C)c1Cl. The predicted molar refractivity (Wildman–Crippen MR) is 109 cm³/mol. The molecule has 0 aromatic carbocycles. The summed E-state index contributed by atoms with van der Waals surface area (Å²) in [5.41, 5.74) is 2.67. The summed E-state index contributed by atoms with van der Waals surface area (Å²) >= 11 is 7.96. The van der Waals surface area contributed by atoms with E-state index in [1.54, 1.807) is 17.7 Å². The summed E-state index contributed by atoms with van der Waals surface area (Å²) in [6.07, 6.45) is 3.91. The van der Waals surface area contributed by atoms with Gasteiger partial charge in [0.05, 0.1) is 39.4 Å². The first-order chi connectivity index (χ1) is 13.5. The molecule has 10 heteroatoms. The van der Waals surface area contributed by atoms with E-state index in [0.717, 1.165) is 37.5 Å². The van der Waals surface area contributed by atoms with Crippen molar-refractivity contribution < 1.29 is 4.39 Å². The Morgan fingerprint density at radius 1 is 1.18 bits per heavy atom. The molecular formula is C18H15ClFN7S. The summed E-state index contributed by atoms with van der Waals surface area (Å²) in [6, 6.07) is 0.191. The van der Waals surface area contributed by atoms with Crippen molar-refractivity contribution in [1.82, 2.24) is 24.9 Å². The van der Waals surface area contributed by atoms with Gasteiger partial charge in [0.25, 0.3) is 0 Å². The van der Waals surface area contributed by atoms with E-state index in [0.29, 0.717) is 24.1 Å². The average Bonchev–Trinajstić information content (AvgIpc) is 3.02. The van der Waals surface area contributed by atoms with Crippen molar-refractivity contribution >= 4 is 55.1 Å². The smallest absolute Gasteiger partial charge is 0.225 e. The lowest BCUT2D eigenvalue weighted by atomic mass is 10.1. The molecule has 28 heavy (non-hydrogen) atoms. The van der Waals surface area contributed by atoms with Gasteiger partial charge >= 0.3 is 0 Å². The molecule has 0 radical (unpaired) electrons. The van der Waals surface area contributed by atoms with Crippen LogP contribution in [0, 0.1) is 19.7 Å². The van der Waals surface area contributed by atoms with Crippen LogP contribution in [0.3, 0.4) is 0 Å². The number of aromatic nitrogens is 5. The Morgan fingerprint density at radius 3 is 2.68 bits per heavy atom. The van der Waals surface area contributed by atoms with Gasteiger partial charge in [-0.15, -0.1) is 11.3 Å². The van der Waals surface area contributed by atoms with Crippen molar-refractivity contribution in [3.63, 3.8) is 0 Å². The van der Waals surface area contributed by atoms with Gasteiger partial charge in [0.15, 0.2) is 5.82 Å². The van der Waals surface area contributed by atoms with E-state index in [-0.39, 0.29) is 6.04 Å². The number of fused-ring (bicyclic) bond motifs is 3. The summed E-state index contributed by atoms with van der Waals surface area (Å²) in [7, 11) is 0. The molecule has 5 heterocycles. The molecule has 1 aliphatic rings. The maximum Gasteiger partial charge on any atom is 0.225 e. The summed E-state index contributed by atoms with van der Waals surface area (Å²) in [5, 5.41) is 5.13. The largest absolute Gasteiger partial charge is 0.362 e. The van der Waals surface area contributed by atoms with Crippen LogP contribution in [0.25, 0.3) is 20.4 Å². The van der Waals surface area contributed by atoms with Gasteiger partial charge < -0.3 is 10.2 Å². The number of aryl methyl sites for hydroxylation is 2. The number of thiophene rings is 1. The van der Waals surface area contributed by atoms with Crippen molar-refractivity contribution in [2.45, 2.75) is 19.9 Å². The van der Waals surface area contributed by atoms with Gasteiger partial charge in [0, 0.05) is 18.5 Å². The monoisotopic (exact) mass is 415 g/mol. The van der Waals surface area contributed by atoms with E-state index in [2.05, 4.69) is 30.2 Å². The first-order valence-electron chi connectivity index (χ1n) is 8.70. The molecule has 0 saturated carbocycles. The number of nitrogens with one attached hydrogen (secondary N) is 1. The van der Waals surface area contributed by atoms with Gasteiger partial charge in [-0.25, -0.2) is 29.3 Å². The highest BCUT2D eigenvalue weighted by Crippen LogP contribution is 2.39. The van der Waals surface area contributed by atoms with Crippen LogP contribution in [0.2, 0.25) is 5.02 Å². The molecule has 0 bridgehead atoms. The summed E-state index contributed by atoms with van der Waals surface area (Å²) in [5.74, 6) is 0.872. The number of hydrogen-bond acceptors (Lipinski definition) is 8. The van der Waals surface area contributed by atoms with Gasteiger partial charge in [0.1, 0.15) is 17.0 Å². The molecule has 7 nitrogen and oxygen atoms in total. The molecule has 1 fully saturated rings. The number of anilines is 2. The Balaban J connectivity index is 1.43. The third kappa shape index (κ3) is 2.73. The number of hydrogen-bond donors (Lipinski definition) is 1. The van der Waals surface area contributed by atoms with Crippen LogP contribution in [-0.4, -0.2) is 44.1 Å². The lowest BCUT2D eigenvalue weighted by Gasteiger charge is -2.39. The molecule has 0 atom stereocenters. The van der Waals surface area contributed by atoms with E-state index >= 15 is 0 Å². The first kappa shape index (κ1) is 17.4. The molecule has 0 aliphatic carbocycles. The number of pyridine rings is 1. The third-order valence-electron chi connectivity index (χ3n) is 4.86. The molecule has 1 N–H and O–H groups in total. The van der Waals surface area contributed by atoms with Gasteiger partial charge in [-0.1, -0.05) is 11.6 Å². The lowest BCUT2D eigenvalue weighted by molar-refractivity contribution is 0.532. The van der Waals surface area contributed by atoms with E-state index in [1.807, 2.05) is 18.7 Å². The number of halogens is 2. The van der Waals surface area contributed by atoms with E-state index in [9.17, 15) is 4.39 Å². The zero-order valence-electron chi connectivity index (χ0n) is 15.1. The Hall–Kier alpha value is -2.65. The average molecular weight is 416 g/mol. The molecular weight excluding hydrogens is 401 g/mol. The minimum atomic E-state index is -0.439. The van der Waals surface area contributed by atoms with Crippen molar-refractivity contribution in [1.29, 1.82) is 0 Å². The fraction of sp³-hybridized carbons (Fsp3) is 0.278. The standard InChI is InChI=1S/C18H15ClFN7S/c1-8-12-14-15(28-17(12)25-9(2)13(8)19)16(24-7-23-14)26-11-5-27(6-11)18-21-3-10(20)4-22-18/h3-4,7,11H,5-6H2,1-2H3,(H,23,24,26). The van der Waals surface area contributed by atoms with Crippen molar-refractivity contribution in [3.05, 3.63) is 40.8 Å². The Kier molecular flexibility index (Phi) is 4.02. The Labute approximate surface area is 168 Å². The quantitative estimate of drug-likeness (QED) is 0.546. The van der Waals surface area contributed by atoms with Crippen LogP contribution >= 0.6 is 22.9 Å². The molecule has 5 rings (SSSR count). The van der Waals surface area contributed by atoms with Gasteiger partial charge in [-0.2, -0.15) is 0 Å². The van der Waals surface area contributed by atoms with Crippen LogP contribution in [0.4, 0.5) is 16.2 Å². The van der Waals surface area contributed by atoms with Crippen LogP contribution in [0.15, 0.2) is 18.7 Å². The number of rotatable bonds is 3. The summed E-state index contributed by atoms with van der Waals surface area (Å²) < 4.78 is 13.9. The van der Waals surface area contributed by atoms with Gasteiger partial charge in [0.2, 0.25) is 5.95 Å². The van der Waals surface area contributed by atoms with Crippen molar-refractivity contribution in [2.75, 3.05) is 23.3 Å². The maximum absolute atomic E-state index is 13.0. The second-order valence-corrected chi connectivity index (χ2v) is 8.14. The van der Waals surface area contributed by atoms with Crippen molar-refractivity contribution in [2.24, 2.45) is 0 Å². The summed E-state index contributed by atoms with van der Waals surface area (Å²) in [6.45, 7) is 5.33. The highest BCUT2D eigenvalue weighted by atomic mass is 35.5.